The van der Waals surface area contributed by atoms with Crippen LogP contribution in [-0.4, -0.2) is 19.3 Å². The Labute approximate surface area is 70.9 Å². The van der Waals surface area contributed by atoms with Gasteiger partial charge >= 0.3 is 6.61 Å². The second-order valence-electron chi connectivity index (χ2n) is 1.57. The van der Waals surface area contributed by atoms with Crippen LogP contribution < -0.4 is 5.73 Å². The summed E-state index contributed by atoms with van der Waals surface area (Å²) < 4.78 is 26.1. The Morgan fingerprint density at radius 1 is 1.40 bits per heavy atom. The molecular weight excluding hydrogens is 187 g/mol. The summed E-state index contributed by atoms with van der Waals surface area (Å²) in [5.41, 5.74) is 5.08. The molecule has 0 radical (unpaired) electrons. The molecule has 0 rings (SSSR count). The molecule has 0 amide bonds. The molecule has 2 N–H and O–H groups in total. The van der Waals surface area contributed by atoms with Gasteiger partial charge in [0.05, 0.1) is 6.61 Å². The standard InChI is InChI=1S/C4H9F2NO.2ClH/c1-3(7)2-8-4(5)6;;/h3-4H,2,7H2,1H3;2*1H/t3-;;/m0../s1. The molecule has 0 bridgehead atoms. The fraction of sp³-hybridized carbons (Fsp3) is 1.00. The van der Waals surface area contributed by atoms with Crippen LogP contribution in [0.3, 0.4) is 0 Å². The molecule has 0 spiro atoms. The topological polar surface area (TPSA) is 35.2 Å². The molecule has 1 atom stereocenters. The number of halogens is 4. The first-order valence-corrected chi connectivity index (χ1v) is 2.28. The van der Waals surface area contributed by atoms with E-state index in [-0.39, 0.29) is 37.5 Å². The second-order valence-corrected chi connectivity index (χ2v) is 1.57. The van der Waals surface area contributed by atoms with Gasteiger partial charge in [-0.25, -0.2) is 0 Å². The van der Waals surface area contributed by atoms with Gasteiger partial charge in [0, 0.05) is 6.04 Å². The van der Waals surface area contributed by atoms with Crippen LogP contribution in [0.4, 0.5) is 8.78 Å². The van der Waals surface area contributed by atoms with Crippen LogP contribution in [0.15, 0.2) is 0 Å². The van der Waals surface area contributed by atoms with Gasteiger partial charge in [0.15, 0.2) is 0 Å². The van der Waals surface area contributed by atoms with E-state index in [2.05, 4.69) is 4.74 Å². The highest BCUT2D eigenvalue weighted by Gasteiger charge is 2.01. The van der Waals surface area contributed by atoms with E-state index in [1.165, 1.54) is 0 Å². The van der Waals surface area contributed by atoms with Gasteiger partial charge in [-0.2, -0.15) is 8.78 Å². The smallest absolute Gasteiger partial charge is 0.326 e. The van der Waals surface area contributed by atoms with Crippen LogP contribution in [0, 0.1) is 0 Å². The van der Waals surface area contributed by atoms with Crippen molar-refractivity contribution in [3.05, 3.63) is 0 Å². The Morgan fingerprint density at radius 2 is 1.80 bits per heavy atom. The molecule has 0 fully saturated rings. The highest BCUT2D eigenvalue weighted by molar-refractivity contribution is 5.85. The number of rotatable bonds is 3. The third-order valence-corrected chi connectivity index (χ3v) is 0.485. The lowest BCUT2D eigenvalue weighted by atomic mass is 10.4. The predicted octanol–water partition coefficient (Wildman–Crippen LogP) is 1.42. The minimum absolute atomic E-state index is 0. The number of nitrogens with two attached hydrogens (primary N) is 1. The van der Waals surface area contributed by atoms with Crippen molar-refractivity contribution in [1.82, 2.24) is 0 Å². The zero-order valence-electron chi connectivity index (χ0n) is 5.42. The fourth-order valence-electron chi connectivity index (χ4n) is 0.225. The van der Waals surface area contributed by atoms with Crippen LogP contribution in [0.1, 0.15) is 6.92 Å². The molecule has 2 nitrogen and oxygen atoms in total. The molecule has 0 aliphatic heterocycles. The Kier molecular flexibility index (Phi) is 15.7. The Hall–Kier alpha value is 0.360. The summed E-state index contributed by atoms with van der Waals surface area (Å²) in [6, 6.07) is -0.316. The number of hydrogen-bond donors (Lipinski definition) is 1. The van der Waals surface area contributed by atoms with Crippen molar-refractivity contribution in [2.45, 2.75) is 19.6 Å². The molecule has 6 heteroatoms. The largest absolute Gasteiger partial charge is 0.345 e. The van der Waals surface area contributed by atoms with Crippen molar-refractivity contribution in [2.75, 3.05) is 6.61 Å². The lowest BCUT2D eigenvalue weighted by Gasteiger charge is -2.03. The predicted molar refractivity (Wildman–Crippen MR) is 40.1 cm³/mol. The van der Waals surface area contributed by atoms with E-state index in [1.54, 1.807) is 6.92 Å². The van der Waals surface area contributed by atoms with Crippen LogP contribution in [0.2, 0.25) is 0 Å². The Morgan fingerprint density at radius 3 is 1.90 bits per heavy atom. The van der Waals surface area contributed by atoms with Gasteiger partial charge in [0.25, 0.3) is 0 Å². The molecule has 66 valence electrons. The lowest BCUT2D eigenvalue weighted by molar-refractivity contribution is -0.131. The molecule has 0 heterocycles. The van der Waals surface area contributed by atoms with Gasteiger partial charge in [-0.3, -0.25) is 0 Å². The first-order valence-electron chi connectivity index (χ1n) is 2.28. The quantitative estimate of drug-likeness (QED) is 0.744. The van der Waals surface area contributed by atoms with Crippen LogP contribution in [0.25, 0.3) is 0 Å². The van der Waals surface area contributed by atoms with E-state index in [0.717, 1.165) is 0 Å². The highest BCUT2D eigenvalue weighted by Crippen LogP contribution is 1.93. The molecule has 0 aliphatic rings. The van der Waals surface area contributed by atoms with E-state index in [1.807, 2.05) is 0 Å². The van der Waals surface area contributed by atoms with Crippen molar-refractivity contribution in [3.8, 4) is 0 Å². The van der Waals surface area contributed by atoms with Gasteiger partial charge in [-0.1, -0.05) is 0 Å². The SMILES string of the molecule is C[C@H](N)COC(F)F.Cl.Cl. The van der Waals surface area contributed by atoms with E-state index >= 15 is 0 Å². The van der Waals surface area contributed by atoms with Crippen LogP contribution in [0.5, 0.6) is 0 Å². The van der Waals surface area contributed by atoms with Gasteiger partial charge < -0.3 is 10.5 Å². The van der Waals surface area contributed by atoms with E-state index < -0.39 is 6.61 Å². The molecule has 0 aromatic rings. The third-order valence-electron chi connectivity index (χ3n) is 0.485. The van der Waals surface area contributed by atoms with Crippen molar-refractivity contribution >= 4 is 24.8 Å². The zero-order valence-corrected chi connectivity index (χ0v) is 7.05. The normalized spacial score (nSPS) is 11.7. The maximum absolute atomic E-state index is 11.1. The van der Waals surface area contributed by atoms with Gasteiger partial charge in [0.1, 0.15) is 0 Å². The minimum atomic E-state index is -2.69. The molecule has 0 saturated carbocycles. The van der Waals surface area contributed by atoms with Crippen molar-refractivity contribution in [2.24, 2.45) is 5.73 Å². The average molecular weight is 198 g/mol. The fourth-order valence-corrected chi connectivity index (χ4v) is 0.225. The maximum Gasteiger partial charge on any atom is 0.345 e. The molecule has 0 saturated heterocycles. The maximum atomic E-state index is 11.1. The Bertz CT molecular complexity index is 57.2. The second kappa shape index (κ2) is 9.36. The number of ether oxygens (including phenoxy) is 1. The number of alkyl halides is 2. The molecule has 0 aromatic heterocycles. The molecule has 0 unspecified atom stereocenters. The zero-order chi connectivity index (χ0) is 6.57. The summed E-state index contributed by atoms with van der Waals surface area (Å²) in [6.45, 7) is -1.18. The highest BCUT2D eigenvalue weighted by atomic mass is 35.5. The number of hydrogen-bond acceptors (Lipinski definition) is 2. The first-order chi connectivity index (χ1) is 3.63. The van der Waals surface area contributed by atoms with Crippen molar-refractivity contribution < 1.29 is 13.5 Å². The third kappa shape index (κ3) is 15.8. The molecule has 0 aliphatic carbocycles. The van der Waals surface area contributed by atoms with Crippen LogP contribution in [-0.2, 0) is 4.74 Å². The summed E-state index contributed by atoms with van der Waals surface area (Å²) in [6.07, 6.45) is 0. The van der Waals surface area contributed by atoms with Gasteiger partial charge in [-0.05, 0) is 6.92 Å². The molecule has 0 aromatic carbocycles. The summed E-state index contributed by atoms with van der Waals surface area (Å²) in [4.78, 5) is 0. The molecule has 10 heavy (non-hydrogen) atoms. The van der Waals surface area contributed by atoms with Crippen LogP contribution >= 0.6 is 24.8 Å². The Balaban J connectivity index is -0.000000245. The summed E-state index contributed by atoms with van der Waals surface area (Å²) >= 11 is 0. The summed E-state index contributed by atoms with van der Waals surface area (Å²) in [5.74, 6) is 0. The first kappa shape index (κ1) is 16.8. The minimum Gasteiger partial charge on any atom is -0.326 e. The average Bonchev–Trinajstić information content (AvgIpc) is 1.61. The van der Waals surface area contributed by atoms with Gasteiger partial charge in [-0.15, -0.1) is 24.8 Å². The monoisotopic (exact) mass is 197 g/mol. The molecular formula is C4H11Cl2F2NO. The van der Waals surface area contributed by atoms with Gasteiger partial charge in [0.2, 0.25) is 0 Å². The lowest BCUT2D eigenvalue weighted by Crippen LogP contribution is -2.23. The summed E-state index contributed by atoms with van der Waals surface area (Å²) in [5, 5.41) is 0. The van der Waals surface area contributed by atoms with Crippen molar-refractivity contribution in [3.63, 3.8) is 0 Å². The van der Waals surface area contributed by atoms with Crippen molar-refractivity contribution in [1.29, 1.82) is 0 Å². The van der Waals surface area contributed by atoms with E-state index in [0.29, 0.717) is 0 Å². The summed E-state index contributed by atoms with van der Waals surface area (Å²) in [7, 11) is 0. The van der Waals surface area contributed by atoms with E-state index in [4.69, 9.17) is 5.73 Å². The van der Waals surface area contributed by atoms with E-state index in [9.17, 15) is 8.78 Å².